The van der Waals surface area contributed by atoms with Crippen molar-refractivity contribution in [1.29, 1.82) is 0 Å². The van der Waals surface area contributed by atoms with E-state index >= 15 is 0 Å². The molecule has 0 saturated heterocycles. The van der Waals surface area contributed by atoms with E-state index in [2.05, 4.69) is 10.1 Å². The number of nitrogens with zero attached hydrogens (tertiary/aromatic N) is 2. The van der Waals surface area contributed by atoms with E-state index in [-0.39, 0.29) is 5.92 Å². The molecule has 1 aliphatic carbocycles. The first-order valence-corrected chi connectivity index (χ1v) is 9.50. The Bertz CT molecular complexity index is 691. The van der Waals surface area contributed by atoms with Crippen molar-refractivity contribution in [3.8, 4) is 11.5 Å². The Kier molecular flexibility index (Phi) is 3.24. The van der Waals surface area contributed by atoms with Gasteiger partial charge in [0, 0.05) is 10.9 Å². The molecule has 20 heavy (non-hydrogen) atoms. The van der Waals surface area contributed by atoms with Gasteiger partial charge in [0.15, 0.2) is 5.82 Å². The number of hydrogen-bond donors (Lipinski definition) is 0. The van der Waals surface area contributed by atoms with Gasteiger partial charge < -0.3 is 9.09 Å². The molecular weight excluding hydrogens is 318 g/mol. The third-order valence-electron chi connectivity index (χ3n) is 3.32. The second kappa shape index (κ2) is 4.59. The lowest BCUT2D eigenvalue weighted by molar-refractivity contribution is 0.422. The average Bonchev–Trinajstić information content (AvgIpc) is 2.82. The van der Waals surface area contributed by atoms with Crippen molar-refractivity contribution in [3.63, 3.8) is 0 Å². The van der Waals surface area contributed by atoms with Gasteiger partial charge in [0.05, 0.1) is 5.92 Å². The van der Waals surface area contributed by atoms with Gasteiger partial charge in [0.1, 0.15) is 11.5 Å². The van der Waals surface area contributed by atoms with Crippen molar-refractivity contribution in [3.05, 3.63) is 30.1 Å². The van der Waals surface area contributed by atoms with Crippen molar-refractivity contribution in [2.45, 2.75) is 16.7 Å². The Morgan fingerprint density at radius 1 is 1.30 bits per heavy atom. The number of rotatable bonds is 3. The van der Waals surface area contributed by atoms with Gasteiger partial charge in [-0.1, -0.05) is 17.3 Å². The summed E-state index contributed by atoms with van der Waals surface area (Å²) in [5.74, 6) is 0.893. The standard InChI is InChI=1S/C13H13Cl2N2O2P/c1-20(2,18)9-5-3-8(4-6-9)12-16-11(17-19-12)10-7-13(10,14)15/h3-6,10H,7H2,1-2H3. The lowest BCUT2D eigenvalue weighted by Gasteiger charge is -2.06. The third-order valence-corrected chi connectivity index (χ3v) is 5.69. The lowest BCUT2D eigenvalue weighted by atomic mass is 10.2. The van der Waals surface area contributed by atoms with Gasteiger partial charge in [-0.2, -0.15) is 4.98 Å². The van der Waals surface area contributed by atoms with Crippen LogP contribution < -0.4 is 5.30 Å². The predicted molar refractivity (Wildman–Crippen MR) is 80.6 cm³/mol. The monoisotopic (exact) mass is 330 g/mol. The molecule has 4 nitrogen and oxygen atoms in total. The van der Waals surface area contributed by atoms with E-state index in [1.165, 1.54) is 0 Å². The topological polar surface area (TPSA) is 56.0 Å². The molecule has 1 saturated carbocycles. The number of benzene rings is 1. The molecule has 1 aromatic heterocycles. The van der Waals surface area contributed by atoms with Gasteiger partial charge in [0.25, 0.3) is 5.89 Å². The van der Waals surface area contributed by atoms with Crippen molar-refractivity contribution in [1.82, 2.24) is 10.1 Å². The fourth-order valence-electron chi connectivity index (χ4n) is 1.95. The minimum absolute atomic E-state index is 0.0610. The van der Waals surface area contributed by atoms with E-state index < -0.39 is 11.5 Å². The third kappa shape index (κ3) is 2.65. The Morgan fingerprint density at radius 2 is 1.90 bits per heavy atom. The lowest BCUT2D eigenvalue weighted by Crippen LogP contribution is -2.01. The van der Waals surface area contributed by atoms with Crippen LogP contribution >= 0.6 is 30.3 Å². The summed E-state index contributed by atoms with van der Waals surface area (Å²) in [5.41, 5.74) is 0.788. The summed E-state index contributed by atoms with van der Waals surface area (Å²) < 4.78 is 16.4. The van der Waals surface area contributed by atoms with E-state index in [9.17, 15) is 4.57 Å². The van der Waals surface area contributed by atoms with Crippen LogP contribution in [0.1, 0.15) is 18.2 Å². The minimum atomic E-state index is -2.25. The van der Waals surface area contributed by atoms with Gasteiger partial charge >= 0.3 is 0 Å². The van der Waals surface area contributed by atoms with E-state index in [1.54, 1.807) is 13.3 Å². The van der Waals surface area contributed by atoms with Crippen molar-refractivity contribution >= 4 is 35.6 Å². The molecule has 0 spiro atoms. The van der Waals surface area contributed by atoms with Gasteiger partial charge in [0.2, 0.25) is 0 Å². The van der Waals surface area contributed by atoms with Gasteiger partial charge in [-0.25, -0.2) is 0 Å². The zero-order valence-corrected chi connectivity index (χ0v) is 13.4. The number of hydrogen-bond acceptors (Lipinski definition) is 4. The fraction of sp³-hybridized carbons (Fsp3) is 0.385. The molecule has 3 rings (SSSR count). The molecule has 1 heterocycles. The molecule has 1 fully saturated rings. The van der Waals surface area contributed by atoms with Crippen molar-refractivity contribution < 1.29 is 9.09 Å². The summed E-state index contributed by atoms with van der Waals surface area (Å²) in [5, 5.41) is 4.73. The van der Waals surface area contributed by atoms with Crippen LogP contribution in [0.4, 0.5) is 0 Å². The second-order valence-corrected chi connectivity index (χ2v) is 10.1. The maximum absolute atomic E-state index is 12.0. The summed E-state index contributed by atoms with van der Waals surface area (Å²) in [7, 11) is -2.25. The maximum atomic E-state index is 12.0. The predicted octanol–water partition coefficient (Wildman–Crippen LogP) is 3.65. The zero-order valence-electron chi connectivity index (χ0n) is 11.0. The van der Waals surface area contributed by atoms with Crippen LogP contribution in [0.3, 0.4) is 0 Å². The maximum Gasteiger partial charge on any atom is 0.257 e. The zero-order chi connectivity index (χ0) is 14.5. The minimum Gasteiger partial charge on any atom is -0.334 e. The Balaban J connectivity index is 1.85. The Labute approximate surface area is 126 Å². The number of aromatic nitrogens is 2. The van der Waals surface area contributed by atoms with Crippen molar-refractivity contribution in [2.75, 3.05) is 13.3 Å². The quantitative estimate of drug-likeness (QED) is 0.636. The molecule has 0 radical (unpaired) electrons. The smallest absolute Gasteiger partial charge is 0.257 e. The molecule has 1 aromatic carbocycles. The summed E-state index contributed by atoms with van der Waals surface area (Å²) >= 11 is 12.0. The molecule has 1 unspecified atom stereocenters. The van der Waals surface area contributed by atoms with Crippen molar-refractivity contribution in [2.24, 2.45) is 0 Å². The first-order chi connectivity index (χ1) is 9.27. The van der Waals surface area contributed by atoms with Gasteiger partial charge in [-0.05, 0) is 31.9 Å². The molecule has 7 heteroatoms. The normalized spacial score (nSPS) is 20.9. The molecule has 2 aromatic rings. The van der Waals surface area contributed by atoms with E-state index in [0.29, 0.717) is 18.1 Å². The first kappa shape index (κ1) is 14.1. The largest absolute Gasteiger partial charge is 0.334 e. The average molecular weight is 331 g/mol. The van der Waals surface area contributed by atoms with Crippen LogP contribution in [0, 0.1) is 0 Å². The molecular formula is C13H13Cl2N2O2P. The fourth-order valence-corrected chi connectivity index (χ4v) is 3.32. The molecule has 0 bridgehead atoms. The van der Waals surface area contributed by atoms with Gasteiger partial charge in [-0.3, -0.25) is 0 Å². The first-order valence-electron chi connectivity index (χ1n) is 6.15. The van der Waals surface area contributed by atoms with Crippen LogP contribution in [0.25, 0.3) is 11.5 Å². The summed E-state index contributed by atoms with van der Waals surface area (Å²) in [6.07, 6.45) is 0.642. The Morgan fingerprint density at radius 3 is 2.40 bits per heavy atom. The van der Waals surface area contributed by atoms with Crippen LogP contribution in [0.5, 0.6) is 0 Å². The van der Waals surface area contributed by atoms with Crippen LogP contribution in [0.15, 0.2) is 28.8 Å². The molecule has 1 atom stereocenters. The van der Waals surface area contributed by atoms with E-state index in [0.717, 1.165) is 10.9 Å². The SMILES string of the molecule is CP(C)(=O)c1ccc(-c2nc(C3CC3(Cl)Cl)no2)cc1. The van der Waals surface area contributed by atoms with Crippen LogP contribution in [0.2, 0.25) is 0 Å². The number of halogens is 2. The van der Waals surface area contributed by atoms with Gasteiger partial charge in [-0.15, -0.1) is 23.2 Å². The molecule has 106 valence electrons. The van der Waals surface area contributed by atoms with E-state index in [1.807, 2.05) is 24.3 Å². The second-order valence-electron chi connectivity index (χ2n) is 5.37. The highest BCUT2D eigenvalue weighted by atomic mass is 35.5. The molecule has 0 amide bonds. The molecule has 0 N–H and O–H groups in total. The highest BCUT2D eigenvalue weighted by molar-refractivity contribution is 7.70. The van der Waals surface area contributed by atoms with Crippen LogP contribution in [-0.2, 0) is 4.57 Å². The molecule has 0 aliphatic heterocycles. The summed E-state index contributed by atoms with van der Waals surface area (Å²) in [4.78, 5) is 4.31. The highest BCUT2D eigenvalue weighted by Crippen LogP contribution is 2.58. The van der Waals surface area contributed by atoms with Crippen LogP contribution in [-0.4, -0.2) is 27.8 Å². The number of alkyl halides is 2. The Hall–Kier alpha value is -0.830. The molecule has 1 aliphatic rings. The van der Waals surface area contributed by atoms with E-state index in [4.69, 9.17) is 27.7 Å². The summed E-state index contributed by atoms with van der Waals surface area (Å²) in [6, 6.07) is 7.30. The highest BCUT2D eigenvalue weighted by Gasteiger charge is 2.55. The summed E-state index contributed by atoms with van der Waals surface area (Å²) in [6.45, 7) is 3.47.